The molecule has 0 bridgehead atoms. The maximum absolute atomic E-state index is 13.6. The van der Waals surface area contributed by atoms with Gasteiger partial charge in [0, 0.05) is 0 Å². The quantitative estimate of drug-likeness (QED) is 0.517. The minimum absolute atomic E-state index is 0.582. The molecule has 0 atom stereocenters. The summed E-state index contributed by atoms with van der Waals surface area (Å²) in [6.45, 7) is 0. The van der Waals surface area contributed by atoms with Crippen LogP contribution in [0, 0.1) is 23.3 Å². The van der Waals surface area contributed by atoms with E-state index >= 15 is 0 Å². The summed E-state index contributed by atoms with van der Waals surface area (Å²) >= 11 is 0. The van der Waals surface area contributed by atoms with E-state index in [1.165, 1.54) is 0 Å². The van der Waals surface area contributed by atoms with Gasteiger partial charge in [-0.2, -0.15) is 0 Å². The standard InChI is InChI=1S/C13H7F4NO/c14-6-1-2-10(16)8(3-6)13(19)9-4-7(15)5-11(18)12(9)17/h1-5H,18H2. The van der Waals surface area contributed by atoms with Crippen LogP contribution in [-0.4, -0.2) is 5.78 Å². The first-order valence-electron chi connectivity index (χ1n) is 5.14. The van der Waals surface area contributed by atoms with Gasteiger partial charge in [-0.15, -0.1) is 0 Å². The van der Waals surface area contributed by atoms with Gasteiger partial charge in [-0.1, -0.05) is 0 Å². The van der Waals surface area contributed by atoms with E-state index in [-0.39, 0.29) is 0 Å². The second-order valence-electron chi connectivity index (χ2n) is 3.81. The number of ketones is 1. The monoisotopic (exact) mass is 269 g/mol. The largest absolute Gasteiger partial charge is 0.396 e. The molecule has 2 nitrogen and oxygen atoms in total. The Morgan fingerprint density at radius 2 is 1.53 bits per heavy atom. The van der Waals surface area contributed by atoms with E-state index < -0.39 is 45.9 Å². The molecule has 0 amide bonds. The number of benzene rings is 2. The van der Waals surface area contributed by atoms with Crippen molar-refractivity contribution in [2.24, 2.45) is 0 Å². The van der Waals surface area contributed by atoms with Crippen molar-refractivity contribution in [3.8, 4) is 0 Å². The van der Waals surface area contributed by atoms with E-state index in [2.05, 4.69) is 0 Å². The van der Waals surface area contributed by atoms with Gasteiger partial charge in [0.1, 0.15) is 17.5 Å². The number of halogens is 4. The highest BCUT2D eigenvalue weighted by atomic mass is 19.1. The molecule has 98 valence electrons. The average molecular weight is 269 g/mol. The molecule has 0 fully saturated rings. The van der Waals surface area contributed by atoms with Gasteiger partial charge >= 0.3 is 0 Å². The van der Waals surface area contributed by atoms with Crippen molar-refractivity contribution >= 4 is 11.5 Å². The summed E-state index contributed by atoms with van der Waals surface area (Å²) in [5.74, 6) is -5.20. The van der Waals surface area contributed by atoms with E-state index in [0.717, 1.165) is 12.1 Å². The highest BCUT2D eigenvalue weighted by molar-refractivity contribution is 6.09. The minimum Gasteiger partial charge on any atom is -0.396 e. The van der Waals surface area contributed by atoms with E-state index in [1.807, 2.05) is 0 Å². The summed E-state index contributed by atoms with van der Waals surface area (Å²) in [6, 6.07) is 3.41. The molecule has 0 unspecified atom stereocenters. The van der Waals surface area contributed by atoms with Crippen molar-refractivity contribution in [3.05, 3.63) is 64.7 Å². The molecule has 0 saturated carbocycles. The Balaban J connectivity index is 2.59. The number of carbonyl (C=O) groups excluding carboxylic acids is 1. The predicted octanol–water partition coefficient (Wildman–Crippen LogP) is 3.06. The fourth-order valence-corrected chi connectivity index (χ4v) is 1.59. The lowest BCUT2D eigenvalue weighted by Crippen LogP contribution is -2.09. The van der Waals surface area contributed by atoms with Gasteiger partial charge in [0.2, 0.25) is 0 Å². The first kappa shape index (κ1) is 13.1. The Morgan fingerprint density at radius 1 is 0.895 bits per heavy atom. The van der Waals surface area contributed by atoms with Crippen LogP contribution < -0.4 is 5.73 Å². The first-order chi connectivity index (χ1) is 8.90. The lowest BCUT2D eigenvalue weighted by molar-refractivity contribution is 0.103. The topological polar surface area (TPSA) is 43.1 Å². The third-order valence-corrected chi connectivity index (χ3v) is 2.48. The molecule has 0 radical (unpaired) electrons. The second-order valence-corrected chi connectivity index (χ2v) is 3.81. The number of anilines is 1. The Labute approximate surface area is 105 Å². The number of rotatable bonds is 2. The van der Waals surface area contributed by atoms with Crippen molar-refractivity contribution < 1.29 is 22.4 Å². The van der Waals surface area contributed by atoms with E-state index in [4.69, 9.17) is 5.73 Å². The van der Waals surface area contributed by atoms with Crippen molar-refractivity contribution in [1.29, 1.82) is 0 Å². The molecule has 19 heavy (non-hydrogen) atoms. The molecule has 0 spiro atoms. The van der Waals surface area contributed by atoms with Crippen LogP contribution in [0.4, 0.5) is 23.2 Å². The van der Waals surface area contributed by atoms with Gasteiger partial charge in [0.05, 0.1) is 16.8 Å². The number of hydrogen-bond acceptors (Lipinski definition) is 2. The molecule has 2 N–H and O–H groups in total. The maximum Gasteiger partial charge on any atom is 0.199 e. The lowest BCUT2D eigenvalue weighted by atomic mass is 10.0. The maximum atomic E-state index is 13.6. The van der Waals surface area contributed by atoms with Crippen LogP contribution in [0.2, 0.25) is 0 Å². The van der Waals surface area contributed by atoms with E-state index in [0.29, 0.717) is 18.2 Å². The van der Waals surface area contributed by atoms with Crippen molar-refractivity contribution in [3.63, 3.8) is 0 Å². The molecule has 0 saturated heterocycles. The Kier molecular flexibility index (Phi) is 3.25. The van der Waals surface area contributed by atoms with Crippen LogP contribution >= 0.6 is 0 Å². The molecule has 0 aliphatic rings. The number of nitrogen functional groups attached to an aromatic ring is 1. The Hall–Kier alpha value is -2.37. The van der Waals surface area contributed by atoms with Crippen molar-refractivity contribution in [2.75, 3.05) is 5.73 Å². The molecule has 0 aliphatic carbocycles. The number of carbonyl (C=O) groups is 1. The summed E-state index contributed by atoms with van der Waals surface area (Å²) in [4.78, 5) is 11.9. The van der Waals surface area contributed by atoms with Crippen molar-refractivity contribution in [1.82, 2.24) is 0 Å². The third kappa shape index (κ3) is 2.42. The van der Waals surface area contributed by atoms with Crippen LogP contribution in [0.1, 0.15) is 15.9 Å². The highest BCUT2D eigenvalue weighted by Crippen LogP contribution is 2.22. The molecule has 0 heterocycles. The van der Waals surface area contributed by atoms with Crippen LogP contribution in [0.25, 0.3) is 0 Å². The summed E-state index contributed by atoms with van der Waals surface area (Å²) in [6.07, 6.45) is 0. The van der Waals surface area contributed by atoms with Gasteiger partial charge in [-0.3, -0.25) is 4.79 Å². The molecule has 0 aromatic heterocycles. The summed E-state index contributed by atoms with van der Waals surface area (Å²) in [5.41, 5.74) is 3.15. The molecular formula is C13H7F4NO. The Morgan fingerprint density at radius 3 is 2.21 bits per heavy atom. The molecule has 2 rings (SSSR count). The minimum atomic E-state index is -1.18. The number of nitrogens with two attached hydrogens (primary N) is 1. The van der Waals surface area contributed by atoms with Gasteiger partial charge in [0.25, 0.3) is 0 Å². The molecule has 2 aromatic carbocycles. The summed E-state index contributed by atoms with van der Waals surface area (Å²) < 4.78 is 53.1. The summed E-state index contributed by atoms with van der Waals surface area (Å²) in [5, 5.41) is 0. The summed E-state index contributed by atoms with van der Waals surface area (Å²) in [7, 11) is 0. The zero-order valence-corrected chi connectivity index (χ0v) is 9.38. The third-order valence-electron chi connectivity index (χ3n) is 2.48. The molecule has 6 heteroatoms. The number of hydrogen-bond donors (Lipinski definition) is 1. The molecule has 0 aliphatic heterocycles. The zero-order chi connectivity index (χ0) is 14.2. The normalized spacial score (nSPS) is 10.5. The first-order valence-corrected chi connectivity index (χ1v) is 5.14. The smallest absolute Gasteiger partial charge is 0.199 e. The lowest BCUT2D eigenvalue weighted by Gasteiger charge is -2.06. The second kappa shape index (κ2) is 4.72. The zero-order valence-electron chi connectivity index (χ0n) is 9.38. The average Bonchev–Trinajstić information content (AvgIpc) is 2.36. The molecule has 2 aromatic rings. The van der Waals surface area contributed by atoms with Gasteiger partial charge < -0.3 is 5.73 Å². The van der Waals surface area contributed by atoms with E-state index in [9.17, 15) is 22.4 Å². The SMILES string of the molecule is Nc1cc(F)cc(C(=O)c2cc(F)ccc2F)c1F. The van der Waals surface area contributed by atoms with Crippen LogP contribution in [0.15, 0.2) is 30.3 Å². The van der Waals surface area contributed by atoms with Crippen molar-refractivity contribution in [2.45, 2.75) is 0 Å². The van der Waals surface area contributed by atoms with Gasteiger partial charge in [0.15, 0.2) is 11.6 Å². The predicted molar refractivity (Wildman–Crippen MR) is 60.6 cm³/mol. The van der Waals surface area contributed by atoms with Crippen LogP contribution in [-0.2, 0) is 0 Å². The fraction of sp³-hybridized carbons (Fsp3) is 0. The Bertz CT molecular complexity index is 670. The highest BCUT2D eigenvalue weighted by Gasteiger charge is 2.21. The van der Waals surface area contributed by atoms with Crippen LogP contribution in [0.5, 0.6) is 0 Å². The molecular weight excluding hydrogens is 262 g/mol. The fourth-order valence-electron chi connectivity index (χ4n) is 1.59. The van der Waals surface area contributed by atoms with Gasteiger partial charge in [-0.25, -0.2) is 17.6 Å². The van der Waals surface area contributed by atoms with Crippen LogP contribution in [0.3, 0.4) is 0 Å². The van der Waals surface area contributed by atoms with E-state index in [1.54, 1.807) is 0 Å². The van der Waals surface area contributed by atoms with Gasteiger partial charge in [-0.05, 0) is 30.3 Å².